The molecule has 1 heterocycles. The Morgan fingerprint density at radius 3 is 2.48 bits per heavy atom. The van der Waals surface area contributed by atoms with Gasteiger partial charge in [-0.3, -0.25) is 4.79 Å². The minimum Gasteiger partial charge on any atom is -0.497 e. The van der Waals surface area contributed by atoms with Gasteiger partial charge in [0.1, 0.15) is 11.5 Å². The molecule has 0 amide bonds. The maximum absolute atomic E-state index is 12.5. The summed E-state index contributed by atoms with van der Waals surface area (Å²) in [6, 6.07) is 14.4. The van der Waals surface area contributed by atoms with Gasteiger partial charge in [0, 0.05) is 23.2 Å². The first-order valence-corrected chi connectivity index (χ1v) is 11.4. The largest absolute Gasteiger partial charge is 0.497 e. The quantitative estimate of drug-likeness (QED) is 0.285. The maximum atomic E-state index is 12.5. The van der Waals surface area contributed by atoms with Gasteiger partial charge < -0.3 is 14.0 Å². The zero-order chi connectivity index (χ0) is 22.4. The molecule has 0 saturated heterocycles. The molecule has 1 unspecified atom stereocenters. The number of ether oxygens (including phenoxy) is 2. The van der Waals surface area contributed by atoms with Crippen LogP contribution in [-0.4, -0.2) is 33.4 Å². The Bertz CT molecular complexity index is 1020. The number of carbonyl (C=O) groups excluding carboxylic acids is 1. The molecule has 6 nitrogen and oxygen atoms in total. The minimum absolute atomic E-state index is 0.0167. The molecule has 0 fully saturated rings. The zero-order valence-electron chi connectivity index (χ0n) is 18.0. The third-order valence-electron chi connectivity index (χ3n) is 4.51. The van der Waals surface area contributed by atoms with Gasteiger partial charge in [0.2, 0.25) is 0 Å². The third-order valence-corrected chi connectivity index (χ3v) is 5.73. The number of rotatable bonds is 10. The van der Waals surface area contributed by atoms with Gasteiger partial charge in [-0.2, -0.15) is 0 Å². The molecule has 0 spiro atoms. The van der Waals surface area contributed by atoms with Crippen molar-refractivity contribution in [3.05, 3.63) is 64.9 Å². The monoisotopic (exact) mass is 459 g/mol. The van der Waals surface area contributed by atoms with E-state index in [0.29, 0.717) is 27.4 Å². The minimum atomic E-state index is -0.320. The third kappa shape index (κ3) is 6.24. The summed E-state index contributed by atoms with van der Waals surface area (Å²) in [4.78, 5) is 12.5. The summed E-state index contributed by atoms with van der Waals surface area (Å²) < 4.78 is 13.4. The van der Waals surface area contributed by atoms with Crippen molar-refractivity contribution in [2.75, 3.05) is 12.9 Å². The highest BCUT2D eigenvalue weighted by molar-refractivity contribution is 7.99. The summed E-state index contributed by atoms with van der Waals surface area (Å²) in [5, 5.41) is 10.0. The zero-order valence-corrected chi connectivity index (χ0v) is 19.6. The molecule has 0 aliphatic rings. The normalized spacial score (nSPS) is 12.1. The van der Waals surface area contributed by atoms with Crippen molar-refractivity contribution in [2.24, 2.45) is 5.92 Å². The number of carbonyl (C=O) groups is 1. The number of benzene rings is 2. The number of aromatic nitrogens is 3. The first-order valence-electron chi connectivity index (χ1n) is 10.0. The lowest BCUT2D eigenvalue weighted by molar-refractivity contribution is 0.102. The van der Waals surface area contributed by atoms with E-state index >= 15 is 0 Å². The van der Waals surface area contributed by atoms with Crippen LogP contribution < -0.4 is 9.47 Å². The van der Waals surface area contributed by atoms with Crippen LogP contribution in [0.25, 0.3) is 0 Å². The summed E-state index contributed by atoms with van der Waals surface area (Å²) in [5.74, 6) is 2.80. The van der Waals surface area contributed by atoms with E-state index in [1.807, 2.05) is 35.8 Å². The Balaban J connectivity index is 1.75. The Morgan fingerprint density at radius 1 is 1.10 bits per heavy atom. The number of ketones is 1. The smallest absolute Gasteiger partial charge is 0.191 e. The van der Waals surface area contributed by atoms with Crippen molar-refractivity contribution in [3.8, 4) is 11.5 Å². The maximum Gasteiger partial charge on any atom is 0.191 e. The number of halogens is 1. The summed E-state index contributed by atoms with van der Waals surface area (Å²) >= 11 is 7.29. The van der Waals surface area contributed by atoms with E-state index in [1.54, 1.807) is 31.4 Å². The standard InChI is InChI=1S/C23H26ClN3O3S/c1-15(2)13-27-22(16(3)30-20-7-5-6-19(12-20)29-4)25-26-23(27)31-14-21(28)17-8-10-18(24)11-9-17/h5-12,15-16H,13-14H2,1-4H3. The molecular weight excluding hydrogens is 434 g/mol. The average molecular weight is 460 g/mol. The Morgan fingerprint density at radius 2 is 1.81 bits per heavy atom. The van der Waals surface area contributed by atoms with Crippen molar-refractivity contribution in [2.45, 2.75) is 38.6 Å². The van der Waals surface area contributed by atoms with E-state index in [0.717, 1.165) is 18.1 Å². The van der Waals surface area contributed by atoms with E-state index in [9.17, 15) is 4.79 Å². The van der Waals surface area contributed by atoms with Gasteiger partial charge in [0.05, 0.1) is 12.9 Å². The van der Waals surface area contributed by atoms with Crippen LogP contribution in [0, 0.1) is 5.92 Å². The van der Waals surface area contributed by atoms with Crippen molar-refractivity contribution >= 4 is 29.1 Å². The second kappa shape index (κ2) is 10.7. The molecule has 0 saturated carbocycles. The van der Waals surface area contributed by atoms with Gasteiger partial charge in [-0.25, -0.2) is 0 Å². The SMILES string of the molecule is COc1cccc(OC(C)c2nnc(SCC(=O)c3ccc(Cl)cc3)n2CC(C)C)c1. The fourth-order valence-corrected chi connectivity index (χ4v) is 4.00. The fourth-order valence-electron chi connectivity index (χ4n) is 3.02. The van der Waals surface area contributed by atoms with E-state index < -0.39 is 0 Å². The Kier molecular flexibility index (Phi) is 7.98. The number of methoxy groups -OCH3 is 1. The van der Waals surface area contributed by atoms with E-state index in [2.05, 4.69) is 24.0 Å². The van der Waals surface area contributed by atoms with E-state index in [-0.39, 0.29) is 17.6 Å². The van der Waals surface area contributed by atoms with Crippen LogP contribution in [0.1, 0.15) is 43.1 Å². The molecule has 3 aromatic rings. The second-order valence-electron chi connectivity index (χ2n) is 7.50. The lowest BCUT2D eigenvalue weighted by Gasteiger charge is -2.18. The van der Waals surface area contributed by atoms with Gasteiger partial charge in [-0.05, 0) is 49.2 Å². The summed E-state index contributed by atoms with van der Waals surface area (Å²) in [5.41, 5.74) is 0.627. The highest BCUT2D eigenvalue weighted by Crippen LogP contribution is 2.28. The first-order chi connectivity index (χ1) is 14.9. The Labute approximate surface area is 191 Å². The molecule has 2 aromatic carbocycles. The summed E-state index contributed by atoms with van der Waals surface area (Å²) in [6.07, 6.45) is -0.320. The van der Waals surface area contributed by atoms with Crippen LogP contribution in [0.5, 0.6) is 11.5 Å². The van der Waals surface area contributed by atoms with Crippen LogP contribution >= 0.6 is 23.4 Å². The van der Waals surface area contributed by atoms with Crippen molar-refractivity contribution in [3.63, 3.8) is 0 Å². The molecule has 164 valence electrons. The number of Topliss-reactive ketones (excluding diaryl/α,β-unsaturated/α-hetero) is 1. The molecule has 1 aromatic heterocycles. The number of thioether (sulfide) groups is 1. The van der Waals surface area contributed by atoms with Crippen LogP contribution in [0.3, 0.4) is 0 Å². The molecule has 0 aliphatic carbocycles. The molecule has 0 N–H and O–H groups in total. The average Bonchev–Trinajstić information content (AvgIpc) is 3.14. The van der Waals surface area contributed by atoms with Gasteiger partial charge >= 0.3 is 0 Å². The van der Waals surface area contributed by atoms with Crippen LogP contribution in [0.4, 0.5) is 0 Å². The number of hydrogen-bond donors (Lipinski definition) is 0. The molecule has 3 rings (SSSR count). The fraction of sp³-hybridized carbons (Fsp3) is 0.348. The lowest BCUT2D eigenvalue weighted by atomic mass is 10.1. The first kappa shape index (κ1) is 23.2. The Hall–Kier alpha value is -2.51. The lowest BCUT2D eigenvalue weighted by Crippen LogP contribution is -2.15. The predicted molar refractivity (Wildman–Crippen MR) is 123 cm³/mol. The second-order valence-corrected chi connectivity index (χ2v) is 8.88. The molecule has 31 heavy (non-hydrogen) atoms. The van der Waals surface area contributed by atoms with Crippen molar-refractivity contribution in [1.29, 1.82) is 0 Å². The van der Waals surface area contributed by atoms with Gasteiger partial charge in [-0.15, -0.1) is 10.2 Å². The molecule has 0 aliphatic heterocycles. The highest BCUT2D eigenvalue weighted by Gasteiger charge is 2.21. The molecular formula is C23H26ClN3O3S. The van der Waals surface area contributed by atoms with Crippen molar-refractivity contribution in [1.82, 2.24) is 14.8 Å². The molecule has 0 bridgehead atoms. The van der Waals surface area contributed by atoms with Crippen molar-refractivity contribution < 1.29 is 14.3 Å². The number of nitrogens with zero attached hydrogens (tertiary/aromatic N) is 3. The molecule has 8 heteroatoms. The summed E-state index contributed by atoms with van der Waals surface area (Å²) in [6.45, 7) is 6.93. The van der Waals surface area contributed by atoms with Crippen LogP contribution in [-0.2, 0) is 6.54 Å². The van der Waals surface area contributed by atoms with E-state index in [4.69, 9.17) is 21.1 Å². The number of hydrogen-bond acceptors (Lipinski definition) is 6. The van der Waals surface area contributed by atoms with Crippen LogP contribution in [0.15, 0.2) is 53.7 Å². The summed E-state index contributed by atoms with van der Waals surface area (Å²) in [7, 11) is 1.62. The highest BCUT2D eigenvalue weighted by atomic mass is 35.5. The van der Waals surface area contributed by atoms with E-state index in [1.165, 1.54) is 11.8 Å². The van der Waals surface area contributed by atoms with Gasteiger partial charge in [0.25, 0.3) is 0 Å². The van der Waals surface area contributed by atoms with Gasteiger partial charge in [-0.1, -0.05) is 43.3 Å². The topological polar surface area (TPSA) is 66.2 Å². The molecule has 1 atom stereocenters. The molecule has 0 radical (unpaired) electrons. The predicted octanol–water partition coefficient (Wildman–Crippen LogP) is 5.71. The van der Waals surface area contributed by atoms with Gasteiger partial charge in [0.15, 0.2) is 22.9 Å². The van der Waals surface area contributed by atoms with Crippen LogP contribution in [0.2, 0.25) is 5.02 Å².